The first-order chi connectivity index (χ1) is 12.4. The first-order valence-corrected chi connectivity index (χ1v) is 9.65. The molecule has 2 unspecified atom stereocenters. The van der Waals surface area contributed by atoms with Gasteiger partial charge in [-0.25, -0.2) is 0 Å². The number of halogens is 2. The Morgan fingerprint density at radius 2 is 1.92 bits per heavy atom. The van der Waals surface area contributed by atoms with Gasteiger partial charge in [0.15, 0.2) is 0 Å². The monoisotopic (exact) mass is 391 g/mol. The van der Waals surface area contributed by atoms with Crippen LogP contribution in [0.4, 0.5) is 0 Å². The molecule has 138 valence electrons. The molecule has 3 nitrogen and oxygen atoms in total. The van der Waals surface area contributed by atoms with Crippen LogP contribution in [0.25, 0.3) is 0 Å². The van der Waals surface area contributed by atoms with Crippen LogP contribution in [0.3, 0.4) is 0 Å². The average molecular weight is 392 g/mol. The lowest BCUT2D eigenvalue weighted by Crippen LogP contribution is -2.47. The van der Waals surface area contributed by atoms with E-state index in [0.717, 1.165) is 41.6 Å². The van der Waals surface area contributed by atoms with E-state index in [1.807, 2.05) is 19.1 Å². The molecule has 1 saturated heterocycles. The van der Waals surface area contributed by atoms with E-state index in [4.69, 9.17) is 23.2 Å². The molecule has 1 fully saturated rings. The van der Waals surface area contributed by atoms with Gasteiger partial charge in [0.25, 0.3) is 0 Å². The van der Waals surface area contributed by atoms with Crippen molar-refractivity contribution in [2.75, 3.05) is 6.54 Å². The van der Waals surface area contributed by atoms with E-state index in [-0.39, 0.29) is 6.04 Å². The Kier molecular flexibility index (Phi) is 5.91. The fourth-order valence-corrected chi connectivity index (χ4v) is 4.25. The summed E-state index contributed by atoms with van der Waals surface area (Å²) in [5, 5.41) is 10.8. The standard InChI is InChI=1S/C21H23Cl2NO2/c1-13-9-10-14(2)16(12-13)20(15-6-5-7-17(22)19(15)23)24-11-4-3-8-18(24)21(25)26/h5-7,9-10,12,18,20H,3-4,8,11H2,1-2H3,(H,25,26). The second kappa shape index (κ2) is 7.99. The minimum Gasteiger partial charge on any atom is -0.480 e. The largest absolute Gasteiger partial charge is 0.480 e. The molecule has 1 heterocycles. The van der Waals surface area contributed by atoms with Crippen molar-refractivity contribution >= 4 is 29.2 Å². The molecular formula is C21H23Cl2NO2. The molecule has 1 aliphatic rings. The summed E-state index contributed by atoms with van der Waals surface area (Å²) in [5.74, 6) is -0.779. The van der Waals surface area contributed by atoms with Crippen LogP contribution in [-0.2, 0) is 4.79 Å². The Bertz CT molecular complexity index is 820. The van der Waals surface area contributed by atoms with Crippen molar-refractivity contribution in [2.45, 2.75) is 45.2 Å². The van der Waals surface area contributed by atoms with Gasteiger partial charge in [-0.3, -0.25) is 9.69 Å². The number of aryl methyl sites for hydroxylation is 2. The molecule has 26 heavy (non-hydrogen) atoms. The molecule has 2 aromatic rings. The van der Waals surface area contributed by atoms with Crippen LogP contribution in [0.2, 0.25) is 10.0 Å². The maximum absolute atomic E-state index is 11.9. The lowest BCUT2D eigenvalue weighted by Gasteiger charge is -2.40. The molecule has 0 amide bonds. The number of piperidine rings is 1. The van der Waals surface area contributed by atoms with Crippen LogP contribution in [0, 0.1) is 13.8 Å². The van der Waals surface area contributed by atoms with Gasteiger partial charge >= 0.3 is 5.97 Å². The van der Waals surface area contributed by atoms with Crippen molar-refractivity contribution < 1.29 is 9.90 Å². The number of aliphatic carboxylic acids is 1. The average Bonchev–Trinajstić information content (AvgIpc) is 2.62. The zero-order valence-electron chi connectivity index (χ0n) is 15.0. The fraction of sp³-hybridized carbons (Fsp3) is 0.381. The maximum atomic E-state index is 11.9. The minimum atomic E-state index is -0.779. The Balaban J connectivity index is 2.20. The summed E-state index contributed by atoms with van der Waals surface area (Å²) >= 11 is 12.9. The summed E-state index contributed by atoms with van der Waals surface area (Å²) < 4.78 is 0. The zero-order valence-corrected chi connectivity index (χ0v) is 16.5. The summed E-state index contributed by atoms with van der Waals surface area (Å²) in [6.45, 7) is 4.82. The highest BCUT2D eigenvalue weighted by Crippen LogP contribution is 2.40. The second-order valence-electron chi connectivity index (χ2n) is 6.99. The molecule has 0 aromatic heterocycles. The number of benzene rings is 2. The van der Waals surface area contributed by atoms with Gasteiger partial charge in [0.05, 0.1) is 16.1 Å². The van der Waals surface area contributed by atoms with E-state index < -0.39 is 12.0 Å². The van der Waals surface area contributed by atoms with Crippen LogP contribution in [0.5, 0.6) is 0 Å². The van der Waals surface area contributed by atoms with Crippen molar-refractivity contribution in [1.29, 1.82) is 0 Å². The predicted octanol–water partition coefficient (Wildman–Crippen LogP) is 5.64. The summed E-state index contributed by atoms with van der Waals surface area (Å²) in [5.41, 5.74) is 4.20. The van der Waals surface area contributed by atoms with Crippen molar-refractivity contribution in [3.05, 3.63) is 68.7 Å². The summed E-state index contributed by atoms with van der Waals surface area (Å²) in [6, 6.07) is 11.1. The van der Waals surface area contributed by atoms with Crippen molar-refractivity contribution in [3.8, 4) is 0 Å². The Morgan fingerprint density at radius 3 is 2.65 bits per heavy atom. The number of likely N-dealkylation sites (tertiary alicyclic amines) is 1. The Labute approximate surface area is 164 Å². The number of carbonyl (C=O) groups is 1. The Hall–Kier alpha value is -1.55. The third-order valence-corrected chi connectivity index (χ3v) is 6.00. The first kappa shape index (κ1) is 19.2. The van der Waals surface area contributed by atoms with Gasteiger partial charge in [0.2, 0.25) is 0 Å². The molecule has 2 atom stereocenters. The SMILES string of the molecule is Cc1ccc(C)c(C(c2cccc(Cl)c2Cl)N2CCCCC2C(=O)O)c1. The summed E-state index contributed by atoms with van der Waals surface area (Å²) in [6.07, 6.45) is 2.55. The maximum Gasteiger partial charge on any atom is 0.320 e. The lowest BCUT2D eigenvalue weighted by atomic mass is 9.88. The van der Waals surface area contributed by atoms with Gasteiger partial charge < -0.3 is 5.11 Å². The van der Waals surface area contributed by atoms with E-state index in [2.05, 4.69) is 30.0 Å². The number of carboxylic acid groups (broad SMARTS) is 1. The van der Waals surface area contributed by atoms with Crippen LogP contribution >= 0.6 is 23.2 Å². The molecular weight excluding hydrogens is 369 g/mol. The predicted molar refractivity (Wildman–Crippen MR) is 106 cm³/mol. The molecule has 5 heteroatoms. The van der Waals surface area contributed by atoms with Crippen LogP contribution < -0.4 is 0 Å². The Morgan fingerprint density at radius 1 is 1.15 bits per heavy atom. The summed E-state index contributed by atoms with van der Waals surface area (Å²) in [4.78, 5) is 14.0. The van der Waals surface area contributed by atoms with E-state index in [0.29, 0.717) is 16.5 Å². The molecule has 0 aliphatic carbocycles. The van der Waals surface area contributed by atoms with Crippen LogP contribution in [0.1, 0.15) is 47.6 Å². The van der Waals surface area contributed by atoms with Gasteiger partial charge in [-0.2, -0.15) is 0 Å². The first-order valence-electron chi connectivity index (χ1n) is 8.89. The second-order valence-corrected chi connectivity index (χ2v) is 7.78. The quantitative estimate of drug-likeness (QED) is 0.732. The molecule has 1 N–H and O–H groups in total. The minimum absolute atomic E-state index is 0.234. The molecule has 2 aromatic carbocycles. The van der Waals surface area contributed by atoms with Gasteiger partial charge in [-0.05, 0) is 56.0 Å². The molecule has 0 spiro atoms. The normalized spacial score (nSPS) is 19.3. The van der Waals surface area contributed by atoms with Crippen LogP contribution in [0.15, 0.2) is 36.4 Å². The smallest absolute Gasteiger partial charge is 0.320 e. The number of rotatable bonds is 4. The summed E-state index contributed by atoms with van der Waals surface area (Å²) in [7, 11) is 0. The van der Waals surface area contributed by atoms with Crippen LogP contribution in [-0.4, -0.2) is 28.6 Å². The van der Waals surface area contributed by atoms with Crippen molar-refractivity contribution in [1.82, 2.24) is 4.90 Å². The highest BCUT2D eigenvalue weighted by Gasteiger charge is 2.36. The van der Waals surface area contributed by atoms with Crippen molar-refractivity contribution in [2.24, 2.45) is 0 Å². The van der Waals surface area contributed by atoms with Gasteiger partial charge in [0, 0.05) is 0 Å². The van der Waals surface area contributed by atoms with E-state index in [1.54, 1.807) is 6.07 Å². The third kappa shape index (κ3) is 3.75. The van der Waals surface area contributed by atoms with E-state index in [1.165, 1.54) is 0 Å². The van der Waals surface area contributed by atoms with Crippen molar-refractivity contribution in [3.63, 3.8) is 0 Å². The number of nitrogens with zero attached hydrogens (tertiary/aromatic N) is 1. The fourth-order valence-electron chi connectivity index (χ4n) is 3.84. The topological polar surface area (TPSA) is 40.5 Å². The number of hydrogen-bond acceptors (Lipinski definition) is 2. The molecule has 0 saturated carbocycles. The molecule has 0 radical (unpaired) electrons. The van der Waals surface area contributed by atoms with E-state index >= 15 is 0 Å². The van der Waals surface area contributed by atoms with E-state index in [9.17, 15) is 9.90 Å². The molecule has 3 rings (SSSR count). The third-order valence-electron chi connectivity index (χ3n) is 5.17. The van der Waals surface area contributed by atoms with Gasteiger partial charge in [0.1, 0.15) is 6.04 Å². The lowest BCUT2D eigenvalue weighted by molar-refractivity contribution is -0.145. The number of hydrogen-bond donors (Lipinski definition) is 1. The van der Waals surface area contributed by atoms with Gasteiger partial charge in [-0.1, -0.05) is 65.5 Å². The molecule has 0 bridgehead atoms. The van der Waals surface area contributed by atoms with Gasteiger partial charge in [-0.15, -0.1) is 0 Å². The highest BCUT2D eigenvalue weighted by atomic mass is 35.5. The number of carboxylic acids is 1. The zero-order chi connectivity index (χ0) is 18.8. The highest BCUT2D eigenvalue weighted by molar-refractivity contribution is 6.42. The molecule has 1 aliphatic heterocycles.